The average molecular weight is 389 g/mol. The van der Waals surface area contributed by atoms with Crippen molar-refractivity contribution < 1.29 is 19.1 Å². The molecule has 1 aromatic heterocycles. The van der Waals surface area contributed by atoms with Gasteiger partial charge in [0.2, 0.25) is 0 Å². The number of hydrogen-bond acceptors (Lipinski definition) is 6. The Kier molecular flexibility index (Phi) is 5.60. The molecule has 1 N–H and O–H groups in total. The maximum Gasteiger partial charge on any atom is 0.342 e. The number of aromatic nitrogens is 2. The van der Waals surface area contributed by atoms with E-state index in [0.29, 0.717) is 16.3 Å². The molecule has 0 saturated heterocycles. The summed E-state index contributed by atoms with van der Waals surface area (Å²) < 4.78 is 10.8. The van der Waals surface area contributed by atoms with Crippen LogP contribution in [0.4, 0.5) is 0 Å². The van der Waals surface area contributed by atoms with Crippen LogP contribution in [0.3, 0.4) is 0 Å². The first kappa shape index (κ1) is 18.0. The number of ether oxygens (including phenoxy) is 1. The molecule has 0 aliphatic carbocycles. The number of aliphatic carboxylic acids is 1. The number of carboxylic acid groups (broad SMARTS) is 1. The summed E-state index contributed by atoms with van der Waals surface area (Å²) in [5, 5.41) is 17.9. The van der Waals surface area contributed by atoms with E-state index in [9.17, 15) is 9.90 Å². The van der Waals surface area contributed by atoms with Crippen molar-refractivity contribution in [3.63, 3.8) is 0 Å². The standard InChI is InChI=1S/C18H13ClN2O4S/c1-24-14-8-7-12(19)10-13(14)16-20-21-18(25-16)26-15(17(22)23)9-11-5-3-2-4-6-11/h2-10H,1H3,(H,22,23)/b15-9-. The highest BCUT2D eigenvalue weighted by atomic mass is 35.5. The minimum atomic E-state index is -1.08. The van der Waals surface area contributed by atoms with Gasteiger partial charge in [-0.2, -0.15) is 0 Å². The summed E-state index contributed by atoms with van der Waals surface area (Å²) in [5.74, 6) is -0.372. The monoisotopic (exact) mass is 388 g/mol. The van der Waals surface area contributed by atoms with E-state index in [4.69, 9.17) is 20.8 Å². The number of rotatable bonds is 6. The fourth-order valence-corrected chi connectivity index (χ4v) is 2.98. The van der Waals surface area contributed by atoms with Crippen LogP contribution in [0.1, 0.15) is 5.56 Å². The van der Waals surface area contributed by atoms with Gasteiger partial charge in [-0.1, -0.05) is 41.9 Å². The molecule has 1 heterocycles. The topological polar surface area (TPSA) is 85.5 Å². The first-order chi connectivity index (χ1) is 12.6. The van der Waals surface area contributed by atoms with E-state index in [-0.39, 0.29) is 16.0 Å². The van der Waals surface area contributed by atoms with E-state index in [0.717, 1.165) is 17.3 Å². The number of halogens is 1. The van der Waals surface area contributed by atoms with Gasteiger partial charge < -0.3 is 14.3 Å². The van der Waals surface area contributed by atoms with Gasteiger partial charge >= 0.3 is 5.97 Å². The third-order valence-electron chi connectivity index (χ3n) is 3.30. The van der Waals surface area contributed by atoms with Gasteiger partial charge in [0.05, 0.1) is 12.7 Å². The molecule has 0 saturated carbocycles. The van der Waals surface area contributed by atoms with Crippen molar-refractivity contribution in [2.45, 2.75) is 5.22 Å². The molecule has 0 aliphatic heterocycles. The maximum atomic E-state index is 11.5. The molecule has 0 spiro atoms. The lowest BCUT2D eigenvalue weighted by Crippen LogP contribution is -1.96. The Bertz CT molecular complexity index is 957. The molecule has 3 aromatic rings. The van der Waals surface area contributed by atoms with Gasteiger partial charge in [-0.15, -0.1) is 10.2 Å². The highest BCUT2D eigenvalue weighted by Gasteiger charge is 2.18. The minimum Gasteiger partial charge on any atom is -0.496 e. The third kappa shape index (κ3) is 4.25. The molecule has 3 rings (SSSR count). The van der Waals surface area contributed by atoms with Crippen molar-refractivity contribution in [1.29, 1.82) is 0 Å². The number of nitrogens with zero attached hydrogens (tertiary/aromatic N) is 2. The van der Waals surface area contributed by atoms with Gasteiger partial charge in [-0.3, -0.25) is 0 Å². The second-order valence-electron chi connectivity index (χ2n) is 5.04. The number of benzene rings is 2. The third-order valence-corrected chi connectivity index (χ3v) is 4.39. The van der Waals surface area contributed by atoms with Crippen LogP contribution < -0.4 is 4.74 Å². The fourth-order valence-electron chi connectivity index (χ4n) is 2.14. The smallest absolute Gasteiger partial charge is 0.342 e. The van der Waals surface area contributed by atoms with Crippen LogP contribution >= 0.6 is 23.4 Å². The highest BCUT2D eigenvalue weighted by Crippen LogP contribution is 2.34. The Balaban J connectivity index is 1.89. The van der Waals surface area contributed by atoms with E-state index in [1.807, 2.05) is 18.2 Å². The van der Waals surface area contributed by atoms with Gasteiger partial charge in [0.1, 0.15) is 10.7 Å². The lowest BCUT2D eigenvalue weighted by Gasteiger charge is -2.04. The SMILES string of the molecule is COc1ccc(Cl)cc1-c1nnc(S/C(=C\c2ccccc2)C(=O)O)o1. The lowest BCUT2D eigenvalue weighted by atomic mass is 10.2. The van der Waals surface area contributed by atoms with E-state index in [1.54, 1.807) is 30.3 Å². The molecular weight excluding hydrogens is 376 g/mol. The molecule has 0 unspecified atom stereocenters. The highest BCUT2D eigenvalue weighted by molar-refractivity contribution is 8.03. The zero-order chi connectivity index (χ0) is 18.5. The number of hydrogen-bond donors (Lipinski definition) is 1. The normalized spacial score (nSPS) is 11.4. The summed E-state index contributed by atoms with van der Waals surface area (Å²) in [4.78, 5) is 11.6. The van der Waals surface area contributed by atoms with E-state index in [1.165, 1.54) is 13.2 Å². The largest absolute Gasteiger partial charge is 0.496 e. The zero-order valence-electron chi connectivity index (χ0n) is 13.5. The Labute approximate surface area is 158 Å². The van der Waals surface area contributed by atoms with Crippen molar-refractivity contribution in [2.75, 3.05) is 7.11 Å². The minimum absolute atomic E-state index is 0.0597. The quantitative estimate of drug-likeness (QED) is 0.487. The van der Waals surface area contributed by atoms with Crippen molar-refractivity contribution in [3.05, 3.63) is 64.0 Å². The Hall–Kier alpha value is -2.77. The molecule has 132 valence electrons. The lowest BCUT2D eigenvalue weighted by molar-refractivity contribution is -0.131. The second-order valence-corrected chi connectivity index (χ2v) is 6.47. The van der Waals surface area contributed by atoms with Crippen molar-refractivity contribution >= 4 is 35.4 Å². The molecule has 26 heavy (non-hydrogen) atoms. The first-order valence-electron chi connectivity index (χ1n) is 7.42. The molecule has 0 aliphatic rings. The van der Waals surface area contributed by atoms with E-state index >= 15 is 0 Å². The van der Waals surface area contributed by atoms with E-state index < -0.39 is 5.97 Å². The van der Waals surface area contributed by atoms with Crippen LogP contribution in [-0.2, 0) is 4.79 Å². The number of methoxy groups -OCH3 is 1. The molecule has 2 aromatic carbocycles. The zero-order valence-corrected chi connectivity index (χ0v) is 15.1. The van der Waals surface area contributed by atoms with Crippen LogP contribution in [0, 0.1) is 0 Å². The molecule has 0 amide bonds. The molecule has 0 atom stereocenters. The van der Waals surface area contributed by atoms with Crippen molar-refractivity contribution in [3.8, 4) is 17.2 Å². The maximum absolute atomic E-state index is 11.5. The van der Waals surface area contributed by atoms with Crippen LogP contribution in [0.2, 0.25) is 5.02 Å². The molecular formula is C18H13ClN2O4S. The molecule has 0 fully saturated rings. The average Bonchev–Trinajstić information content (AvgIpc) is 3.10. The van der Waals surface area contributed by atoms with Gasteiger partial charge in [-0.25, -0.2) is 4.79 Å². The predicted molar refractivity (Wildman–Crippen MR) is 99.2 cm³/mol. The summed E-state index contributed by atoms with van der Waals surface area (Å²) in [6.45, 7) is 0. The summed E-state index contributed by atoms with van der Waals surface area (Å²) in [5.41, 5.74) is 1.29. The van der Waals surface area contributed by atoms with Crippen molar-refractivity contribution in [1.82, 2.24) is 10.2 Å². The molecule has 0 bridgehead atoms. The Morgan fingerprint density at radius 1 is 1.23 bits per heavy atom. The second kappa shape index (κ2) is 8.07. The van der Waals surface area contributed by atoms with Crippen molar-refractivity contribution in [2.24, 2.45) is 0 Å². The van der Waals surface area contributed by atoms with Crippen LogP contribution in [0.15, 0.2) is 63.1 Å². The van der Waals surface area contributed by atoms with Crippen LogP contribution in [0.25, 0.3) is 17.5 Å². The Morgan fingerprint density at radius 3 is 2.69 bits per heavy atom. The number of thioether (sulfide) groups is 1. The first-order valence-corrected chi connectivity index (χ1v) is 8.61. The number of carbonyl (C=O) groups is 1. The summed E-state index contributed by atoms with van der Waals surface area (Å²) in [6, 6.07) is 14.1. The molecule has 0 radical (unpaired) electrons. The van der Waals surface area contributed by atoms with Crippen LogP contribution in [0.5, 0.6) is 5.75 Å². The predicted octanol–water partition coefficient (Wildman–Crippen LogP) is 4.62. The summed E-state index contributed by atoms with van der Waals surface area (Å²) >= 11 is 6.88. The molecule has 8 heteroatoms. The number of carboxylic acids is 1. The summed E-state index contributed by atoms with van der Waals surface area (Å²) in [7, 11) is 1.52. The van der Waals surface area contributed by atoms with Gasteiger partial charge in [0, 0.05) is 5.02 Å². The van der Waals surface area contributed by atoms with Gasteiger partial charge in [0.25, 0.3) is 11.1 Å². The van der Waals surface area contributed by atoms with Gasteiger partial charge in [0.15, 0.2) is 0 Å². The van der Waals surface area contributed by atoms with Gasteiger partial charge in [-0.05, 0) is 41.6 Å². The van der Waals surface area contributed by atoms with E-state index in [2.05, 4.69) is 10.2 Å². The van der Waals surface area contributed by atoms with Crippen LogP contribution in [-0.4, -0.2) is 28.4 Å². The molecule has 6 nitrogen and oxygen atoms in total. The Morgan fingerprint density at radius 2 is 2.00 bits per heavy atom. The fraction of sp³-hybridized carbons (Fsp3) is 0.0556. The summed E-state index contributed by atoms with van der Waals surface area (Å²) in [6.07, 6.45) is 1.54.